The van der Waals surface area contributed by atoms with Crippen LogP contribution in [0.3, 0.4) is 0 Å². The van der Waals surface area contributed by atoms with Crippen molar-refractivity contribution in [3.8, 4) is 0 Å². The number of rotatable bonds is 5. The van der Waals surface area contributed by atoms with Gasteiger partial charge in [0.1, 0.15) is 0 Å². The smallest absolute Gasteiger partial charge is 0.0218 e. The largest absolute Gasteiger partial charge is 0.329 e. The second-order valence-electron chi connectivity index (χ2n) is 3.62. The van der Waals surface area contributed by atoms with E-state index in [1.807, 2.05) is 11.8 Å². The first-order chi connectivity index (χ1) is 6.38. The van der Waals surface area contributed by atoms with Crippen LogP contribution in [0.2, 0.25) is 0 Å². The summed E-state index contributed by atoms with van der Waals surface area (Å²) < 4.78 is 0. The van der Waals surface area contributed by atoms with Gasteiger partial charge in [0.25, 0.3) is 0 Å². The van der Waals surface area contributed by atoms with Gasteiger partial charge >= 0.3 is 0 Å². The van der Waals surface area contributed by atoms with E-state index in [-0.39, 0.29) is 0 Å². The van der Waals surface area contributed by atoms with Gasteiger partial charge in [0.2, 0.25) is 0 Å². The molecule has 1 atom stereocenters. The topological polar surface area (TPSA) is 29.3 Å². The van der Waals surface area contributed by atoms with Crippen molar-refractivity contribution in [3.05, 3.63) is 0 Å². The van der Waals surface area contributed by atoms with Gasteiger partial charge in [-0.1, -0.05) is 13.3 Å². The van der Waals surface area contributed by atoms with E-state index in [9.17, 15) is 0 Å². The molecule has 2 nitrogen and oxygen atoms in total. The lowest BCUT2D eigenvalue weighted by atomic mass is 10.0. The van der Waals surface area contributed by atoms with E-state index < -0.39 is 0 Å². The Bertz CT molecular complexity index is 130. The van der Waals surface area contributed by atoms with Crippen molar-refractivity contribution in [3.63, 3.8) is 0 Å². The van der Waals surface area contributed by atoms with Crippen LogP contribution in [0.25, 0.3) is 0 Å². The second-order valence-corrected chi connectivity index (χ2v) is 5.01. The summed E-state index contributed by atoms with van der Waals surface area (Å²) in [6, 6.07) is 0.672. The Hall–Kier alpha value is 0.270. The fourth-order valence-electron chi connectivity index (χ4n) is 1.95. The molecule has 1 saturated heterocycles. The number of hydrogen-bond acceptors (Lipinski definition) is 3. The highest BCUT2D eigenvalue weighted by Gasteiger charge is 2.19. The third kappa shape index (κ3) is 3.88. The zero-order valence-corrected chi connectivity index (χ0v) is 9.48. The molecule has 0 amide bonds. The highest BCUT2D eigenvalue weighted by Crippen LogP contribution is 2.16. The molecule has 1 unspecified atom stereocenters. The fourth-order valence-corrected chi connectivity index (χ4v) is 2.60. The molecule has 0 aromatic carbocycles. The first-order valence-corrected chi connectivity index (χ1v) is 6.55. The highest BCUT2D eigenvalue weighted by atomic mass is 32.2. The molecule has 13 heavy (non-hydrogen) atoms. The van der Waals surface area contributed by atoms with Crippen LogP contribution in [0.1, 0.15) is 26.2 Å². The molecule has 1 heterocycles. The first kappa shape index (κ1) is 11.3. The Morgan fingerprint density at radius 1 is 1.46 bits per heavy atom. The third-order valence-electron chi connectivity index (χ3n) is 2.75. The number of nitrogens with two attached hydrogens (primary N) is 1. The normalized spacial score (nSPS) is 24.9. The van der Waals surface area contributed by atoms with Gasteiger partial charge in [-0.05, 0) is 25.1 Å². The summed E-state index contributed by atoms with van der Waals surface area (Å²) in [6.07, 6.45) is 4.06. The van der Waals surface area contributed by atoms with E-state index in [0.717, 1.165) is 6.54 Å². The molecule has 1 aliphatic heterocycles. The van der Waals surface area contributed by atoms with Crippen molar-refractivity contribution in [2.45, 2.75) is 32.2 Å². The molecule has 1 aliphatic rings. The van der Waals surface area contributed by atoms with Gasteiger partial charge in [-0.25, -0.2) is 0 Å². The molecule has 78 valence electrons. The Kier molecular flexibility index (Phi) is 5.83. The van der Waals surface area contributed by atoms with E-state index in [4.69, 9.17) is 5.73 Å². The van der Waals surface area contributed by atoms with E-state index in [0.29, 0.717) is 6.04 Å². The molecule has 0 aromatic rings. The molecular formula is C10H22N2S. The maximum absolute atomic E-state index is 5.75. The minimum absolute atomic E-state index is 0.672. The van der Waals surface area contributed by atoms with Crippen molar-refractivity contribution in [1.29, 1.82) is 0 Å². The Morgan fingerprint density at radius 2 is 2.31 bits per heavy atom. The minimum atomic E-state index is 0.672. The number of hydrogen-bond donors (Lipinski definition) is 1. The standard InChI is InChI=1S/C10H22N2S/c1-2-13-8-7-12-6-4-3-5-10(12)9-11/h10H,2-9,11H2,1H3. The lowest BCUT2D eigenvalue weighted by molar-refractivity contribution is 0.163. The average Bonchev–Trinajstić information content (AvgIpc) is 2.19. The van der Waals surface area contributed by atoms with Crippen molar-refractivity contribution in [1.82, 2.24) is 4.90 Å². The van der Waals surface area contributed by atoms with Crippen LogP contribution in [-0.2, 0) is 0 Å². The quantitative estimate of drug-likeness (QED) is 0.686. The zero-order valence-electron chi connectivity index (χ0n) is 8.67. The van der Waals surface area contributed by atoms with Gasteiger partial charge < -0.3 is 5.73 Å². The highest BCUT2D eigenvalue weighted by molar-refractivity contribution is 7.99. The van der Waals surface area contributed by atoms with Crippen molar-refractivity contribution in [2.75, 3.05) is 31.1 Å². The molecule has 0 bridgehead atoms. The number of nitrogens with zero attached hydrogens (tertiary/aromatic N) is 1. The van der Waals surface area contributed by atoms with Crippen LogP contribution in [0.4, 0.5) is 0 Å². The molecule has 3 heteroatoms. The Morgan fingerprint density at radius 3 is 3.00 bits per heavy atom. The summed E-state index contributed by atoms with van der Waals surface area (Å²) in [7, 11) is 0. The third-order valence-corrected chi connectivity index (χ3v) is 3.63. The van der Waals surface area contributed by atoms with Gasteiger partial charge in [-0.2, -0.15) is 11.8 Å². The maximum atomic E-state index is 5.75. The van der Waals surface area contributed by atoms with Crippen molar-refractivity contribution >= 4 is 11.8 Å². The molecule has 0 radical (unpaired) electrons. The van der Waals surface area contributed by atoms with Crippen molar-refractivity contribution in [2.24, 2.45) is 5.73 Å². The van der Waals surface area contributed by atoms with Gasteiger partial charge in [0, 0.05) is 24.9 Å². The van der Waals surface area contributed by atoms with E-state index in [1.165, 1.54) is 43.9 Å². The summed E-state index contributed by atoms with van der Waals surface area (Å²) in [5.74, 6) is 2.51. The van der Waals surface area contributed by atoms with Crippen LogP contribution >= 0.6 is 11.8 Å². The molecule has 0 spiro atoms. The van der Waals surface area contributed by atoms with Gasteiger partial charge in [-0.15, -0.1) is 0 Å². The average molecular weight is 202 g/mol. The molecule has 2 N–H and O–H groups in total. The first-order valence-electron chi connectivity index (χ1n) is 5.40. The molecule has 0 aromatic heterocycles. The second kappa shape index (κ2) is 6.68. The van der Waals surface area contributed by atoms with Gasteiger partial charge in [0.05, 0.1) is 0 Å². The Labute approximate surface area is 86.2 Å². The van der Waals surface area contributed by atoms with Crippen LogP contribution in [0.5, 0.6) is 0 Å². The molecular weight excluding hydrogens is 180 g/mol. The summed E-state index contributed by atoms with van der Waals surface area (Å²) in [6.45, 7) is 5.57. The van der Waals surface area contributed by atoms with E-state index in [1.54, 1.807) is 0 Å². The number of thioether (sulfide) groups is 1. The maximum Gasteiger partial charge on any atom is 0.0218 e. The molecule has 0 aliphatic carbocycles. The number of piperidine rings is 1. The lowest BCUT2D eigenvalue weighted by Crippen LogP contribution is -2.44. The predicted molar refractivity (Wildman–Crippen MR) is 61.3 cm³/mol. The van der Waals surface area contributed by atoms with Crippen LogP contribution in [0.15, 0.2) is 0 Å². The molecule has 1 fully saturated rings. The summed E-state index contributed by atoms with van der Waals surface area (Å²) in [5.41, 5.74) is 5.75. The zero-order chi connectivity index (χ0) is 9.52. The van der Waals surface area contributed by atoms with Crippen LogP contribution < -0.4 is 5.73 Å². The van der Waals surface area contributed by atoms with Gasteiger partial charge in [0.15, 0.2) is 0 Å². The molecule has 1 rings (SSSR count). The SMILES string of the molecule is CCSCCN1CCCCC1CN. The fraction of sp³-hybridized carbons (Fsp3) is 1.00. The molecule has 0 saturated carbocycles. The lowest BCUT2D eigenvalue weighted by Gasteiger charge is -2.34. The van der Waals surface area contributed by atoms with Crippen molar-refractivity contribution < 1.29 is 0 Å². The van der Waals surface area contributed by atoms with E-state index in [2.05, 4.69) is 11.8 Å². The number of likely N-dealkylation sites (tertiary alicyclic amines) is 1. The van der Waals surface area contributed by atoms with Crippen LogP contribution in [0, 0.1) is 0 Å². The monoisotopic (exact) mass is 202 g/mol. The Balaban J connectivity index is 2.19. The summed E-state index contributed by atoms with van der Waals surface area (Å²) in [4.78, 5) is 2.58. The summed E-state index contributed by atoms with van der Waals surface area (Å²) >= 11 is 2.03. The van der Waals surface area contributed by atoms with E-state index >= 15 is 0 Å². The van der Waals surface area contributed by atoms with Gasteiger partial charge in [-0.3, -0.25) is 4.90 Å². The minimum Gasteiger partial charge on any atom is -0.329 e. The summed E-state index contributed by atoms with van der Waals surface area (Å²) in [5, 5.41) is 0. The van der Waals surface area contributed by atoms with Crippen LogP contribution in [-0.4, -0.2) is 42.1 Å². The predicted octanol–water partition coefficient (Wildman–Crippen LogP) is 1.55.